The van der Waals surface area contributed by atoms with Gasteiger partial charge >= 0.3 is 5.97 Å². The van der Waals surface area contributed by atoms with Gasteiger partial charge in [0.1, 0.15) is 12.3 Å². The summed E-state index contributed by atoms with van der Waals surface area (Å²) in [5.41, 5.74) is 2.05. The van der Waals surface area contributed by atoms with Crippen LogP contribution in [0.4, 0.5) is 0 Å². The second-order valence-electron chi connectivity index (χ2n) is 5.29. The second-order valence-corrected chi connectivity index (χ2v) is 5.29. The van der Waals surface area contributed by atoms with Gasteiger partial charge in [-0.15, -0.1) is 0 Å². The van der Waals surface area contributed by atoms with E-state index in [4.69, 9.17) is 4.74 Å². The van der Waals surface area contributed by atoms with Gasteiger partial charge in [0.2, 0.25) is 5.91 Å². The Morgan fingerprint density at radius 2 is 1.58 bits per heavy atom. The first-order chi connectivity index (χ1) is 11.6. The number of rotatable bonds is 7. The van der Waals surface area contributed by atoms with E-state index in [9.17, 15) is 9.59 Å². The lowest BCUT2D eigenvalue weighted by Crippen LogP contribution is -2.31. The summed E-state index contributed by atoms with van der Waals surface area (Å²) in [6.07, 6.45) is 0.243. The fraction of sp³-hybridized carbons (Fsp3) is 0.263. The van der Waals surface area contributed by atoms with Crippen molar-refractivity contribution in [1.82, 2.24) is 5.32 Å². The van der Waals surface area contributed by atoms with E-state index >= 15 is 0 Å². The van der Waals surface area contributed by atoms with Gasteiger partial charge in [0.15, 0.2) is 0 Å². The molecule has 1 atom stereocenters. The molecule has 0 aliphatic heterocycles. The standard InChI is InChI=1S/C19H21NO4/c1-23-16-10-8-15(9-11-16)17(14-6-4-3-5-7-14)12-18(21)20-13-19(22)24-2/h3-11,17H,12-13H2,1-2H3,(H,20,21)/t17-/m0/s1. The van der Waals surface area contributed by atoms with Gasteiger partial charge in [-0.2, -0.15) is 0 Å². The summed E-state index contributed by atoms with van der Waals surface area (Å²) in [6.45, 7) is -0.126. The molecule has 0 saturated carbocycles. The van der Waals surface area contributed by atoms with Crippen LogP contribution in [0, 0.1) is 0 Å². The largest absolute Gasteiger partial charge is 0.497 e. The molecule has 5 heteroatoms. The molecule has 0 aliphatic carbocycles. The predicted molar refractivity (Wildman–Crippen MR) is 90.9 cm³/mol. The highest BCUT2D eigenvalue weighted by Crippen LogP contribution is 2.29. The average Bonchev–Trinajstić information content (AvgIpc) is 2.65. The molecule has 0 radical (unpaired) electrons. The summed E-state index contributed by atoms with van der Waals surface area (Å²) in [6, 6.07) is 17.4. The Morgan fingerprint density at radius 3 is 2.17 bits per heavy atom. The van der Waals surface area contributed by atoms with Gasteiger partial charge in [0.25, 0.3) is 0 Å². The van der Waals surface area contributed by atoms with Crippen molar-refractivity contribution in [2.24, 2.45) is 0 Å². The molecule has 0 fully saturated rings. The Bertz CT molecular complexity index is 668. The third-order valence-electron chi connectivity index (χ3n) is 3.77. The molecule has 0 aliphatic rings. The predicted octanol–water partition coefficient (Wildman–Crippen LogP) is 2.51. The maximum Gasteiger partial charge on any atom is 0.325 e. The molecule has 0 heterocycles. The van der Waals surface area contributed by atoms with E-state index in [0.29, 0.717) is 0 Å². The molecular formula is C19H21NO4. The van der Waals surface area contributed by atoms with Crippen LogP contribution in [0.2, 0.25) is 0 Å². The normalized spacial score (nSPS) is 11.4. The number of carbonyl (C=O) groups is 2. The Hall–Kier alpha value is -2.82. The Kier molecular flexibility index (Phi) is 6.37. The van der Waals surface area contributed by atoms with Crippen LogP contribution in [-0.2, 0) is 14.3 Å². The van der Waals surface area contributed by atoms with E-state index < -0.39 is 5.97 Å². The summed E-state index contributed by atoms with van der Waals surface area (Å²) in [4.78, 5) is 23.4. The highest BCUT2D eigenvalue weighted by atomic mass is 16.5. The van der Waals surface area contributed by atoms with Gasteiger partial charge in [-0.25, -0.2) is 0 Å². The molecule has 2 aromatic rings. The van der Waals surface area contributed by atoms with E-state index in [1.807, 2.05) is 54.6 Å². The zero-order chi connectivity index (χ0) is 17.4. The molecule has 1 N–H and O–H groups in total. The van der Waals surface area contributed by atoms with Crippen molar-refractivity contribution in [3.63, 3.8) is 0 Å². The molecule has 0 aromatic heterocycles. The summed E-state index contributed by atoms with van der Waals surface area (Å²) < 4.78 is 9.72. The van der Waals surface area contributed by atoms with Crippen molar-refractivity contribution in [3.8, 4) is 5.75 Å². The molecule has 1 amide bonds. The number of benzene rings is 2. The van der Waals surface area contributed by atoms with Gasteiger partial charge < -0.3 is 14.8 Å². The lowest BCUT2D eigenvalue weighted by Gasteiger charge is -2.18. The molecule has 24 heavy (non-hydrogen) atoms. The van der Waals surface area contributed by atoms with Gasteiger partial charge in [0.05, 0.1) is 14.2 Å². The van der Waals surface area contributed by atoms with Crippen LogP contribution < -0.4 is 10.1 Å². The number of nitrogens with one attached hydrogen (secondary N) is 1. The number of esters is 1. The Labute approximate surface area is 141 Å². The number of methoxy groups -OCH3 is 2. The van der Waals surface area contributed by atoms with Crippen molar-refractivity contribution < 1.29 is 19.1 Å². The van der Waals surface area contributed by atoms with Gasteiger partial charge in [-0.05, 0) is 23.3 Å². The number of hydrogen-bond donors (Lipinski definition) is 1. The monoisotopic (exact) mass is 327 g/mol. The highest BCUT2D eigenvalue weighted by molar-refractivity contribution is 5.82. The number of ether oxygens (including phenoxy) is 2. The van der Waals surface area contributed by atoms with Crippen molar-refractivity contribution in [3.05, 3.63) is 65.7 Å². The molecule has 0 bridgehead atoms. The average molecular weight is 327 g/mol. The molecule has 126 valence electrons. The van der Waals surface area contributed by atoms with Crippen LogP contribution in [0.5, 0.6) is 5.75 Å². The molecule has 0 spiro atoms. The highest BCUT2D eigenvalue weighted by Gasteiger charge is 2.18. The van der Waals surface area contributed by atoms with Crippen LogP contribution in [0.15, 0.2) is 54.6 Å². The van der Waals surface area contributed by atoms with Gasteiger partial charge in [0, 0.05) is 12.3 Å². The minimum Gasteiger partial charge on any atom is -0.497 e. The van der Waals surface area contributed by atoms with Crippen LogP contribution in [0.3, 0.4) is 0 Å². The molecule has 2 aromatic carbocycles. The Balaban J connectivity index is 2.17. The van der Waals surface area contributed by atoms with Crippen molar-refractivity contribution in [2.75, 3.05) is 20.8 Å². The summed E-state index contributed by atoms with van der Waals surface area (Å²) in [7, 11) is 2.91. The van der Waals surface area contributed by atoms with Crippen LogP contribution >= 0.6 is 0 Å². The van der Waals surface area contributed by atoms with Crippen molar-refractivity contribution in [1.29, 1.82) is 0 Å². The fourth-order valence-electron chi connectivity index (χ4n) is 2.45. The van der Waals surface area contributed by atoms with Crippen LogP contribution in [0.1, 0.15) is 23.5 Å². The number of amides is 1. The van der Waals surface area contributed by atoms with Crippen LogP contribution in [-0.4, -0.2) is 32.6 Å². The number of carbonyl (C=O) groups excluding carboxylic acids is 2. The third kappa shape index (κ3) is 4.84. The third-order valence-corrected chi connectivity index (χ3v) is 3.77. The zero-order valence-corrected chi connectivity index (χ0v) is 13.8. The smallest absolute Gasteiger partial charge is 0.325 e. The Morgan fingerprint density at radius 1 is 0.958 bits per heavy atom. The molecule has 5 nitrogen and oxygen atoms in total. The fourth-order valence-corrected chi connectivity index (χ4v) is 2.45. The summed E-state index contributed by atoms with van der Waals surface area (Å²) >= 11 is 0. The van der Waals surface area contributed by atoms with E-state index in [1.165, 1.54) is 7.11 Å². The maximum atomic E-state index is 12.2. The van der Waals surface area contributed by atoms with Crippen LogP contribution in [0.25, 0.3) is 0 Å². The van der Waals surface area contributed by atoms with E-state index in [1.54, 1.807) is 7.11 Å². The SMILES string of the molecule is COC(=O)CNC(=O)C[C@@H](c1ccccc1)c1ccc(OC)cc1. The quantitative estimate of drug-likeness (QED) is 0.794. The number of hydrogen-bond acceptors (Lipinski definition) is 4. The molecular weight excluding hydrogens is 306 g/mol. The van der Waals surface area contributed by atoms with E-state index in [2.05, 4.69) is 10.1 Å². The zero-order valence-electron chi connectivity index (χ0n) is 13.8. The molecule has 2 rings (SSSR count). The first kappa shape index (κ1) is 17.5. The lowest BCUT2D eigenvalue weighted by molar-refractivity contribution is -0.141. The first-order valence-electron chi connectivity index (χ1n) is 7.66. The van der Waals surface area contributed by atoms with Gasteiger partial charge in [-0.1, -0.05) is 42.5 Å². The van der Waals surface area contributed by atoms with Gasteiger partial charge in [-0.3, -0.25) is 9.59 Å². The second kappa shape index (κ2) is 8.72. The van der Waals surface area contributed by atoms with Crippen molar-refractivity contribution >= 4 is 11.9 Å². The summed E-state index contributed by atoms with van der Waals surface area (Å²) in [5, 5.41) is 2.59. The maximum absolute atomic E-state index is 12.2. The van der Waals surface area contributed by atoms with E-state index in [-0.39, 0.29) is 24.8 Å². The van der Waals surface area contributed by atoms with E-state index in [0.717, 1.165) is 16.9 Å². The minimum atomic E-state index is -0.468. The van der Waals surface area contributed by atoms with Crippen molar-refractivity contribution in [2.45, 2.75) is 12.3 Å². The lowest BCUT2D eigenvalue weighted by atomic mass is 9.88. The molecule has 0 saturated heterocycles. The first-order valence-corrected chi connectivity index (χ1v) is 7.66. The topological polar surface area (TPSA) is 64.6 Å². The summed E-state index contributed by atoms with van der Waals surface area (Å²) in [5.74, 6) is -0.00964. The minimum absolute atomic E-state index is 0.102. The molecule has 0 unspecified atom stereocenters.